The summed E-state index contributed by atoms with van der Waals surface area (Å²) in [7, 11) is 1.58. The second kappa shape index (κ2) is 12.6. The molecule has 1 saturated heterocycles. The number of nitrogens with one attached hydrogen (secondary N) is 2. The lowest BCUT2D eigenvalue weighted by molar-refractivity contribution is -0.889. The molecule has 0 radical (unpaired) electrons. The van der Waals surface area contributed by atoms with Gasteiger partial charge in [-0.05, 0) is 43.2 Å². The minimum absolute atomic E-state index is 0.177. The largest absolute Gasteiger partial charge is 0.488 e. The van der Waals surface area contributed by atoms with E-state index in [1.54, 1.807) is 42.2 Å². The lowest BCUT2D eigenvalue weighted by Crippen LogP contribution is -2.43. The van der Waals surface area contributed by atoms with Crippen LogP contribution in [0, 0.1) is 18.2 Å². The Kier molecular flexibility index (Phi) is 8.54. The van der Waals surface area contributed by atoms with Crippen molar-refractivity contribution in [2.45, 2.75) is 32.4 Å². The Morgan fingerprint density at radius 1 is 1.07 bits per heavy atom. The van der Waals surface area contributed by atoms with Crippen LogP contribution in [0.25, 0.3) is 0 Å². The minimum Gasteiger partial charge on any atom is -0.488 e. The van der Waals surface area contributed by atoms with E-state index in [0.717, 1.165) is 24.1 Å². The maximum absolute atomic E-state index is 14.4. The normalized spacial score (nSPS) is 13.4. The molecule has 0 unspecified atom stereocenters. The molecule has 0 spiro atoms. The first-order valence-electron chi connectivity index (χ1n) is 13.2. The van der Waals surface area contributed by atoms with Crippen LogP contribution in [-0.2, 0) is 11.3 Å². The van der Waals surface area contributed by atoms with Crippen molar-refractivity contribution >= 4 is 17.3 Å². The molecule has 212 valence electrons. The van der Waals surface area contributed by atoms with Crippen LogP contribution in [0.5, 0.6) is 17.2 Å². The molecule has 2 aromatic carbocycles. The summed E-state index contributed by atoms with van der Waals surface area (Å²) in [5, 5.41) is 12.2. The van der Waals surface area contributed by atoms with Crippen LogP contribution in [0.1, 0.15) is 35.2 Å². The van der Waals surface area contributed by atoms with Gasteiger partial charge in [0.15, 0.2) is 0 Å². The Morgan fingerprint density at radius 3 is 2.59 bits per heavy atom. The number of halogens is 1. The summed E-state index contributed by atoms with van der Waals surface area (Å²) >= 11 is 0. The van der Waals surface area contributed by atoms with Gasteiger partial charge in [0.05, 0.1) is 16.8 Å². The molecule has 1 aliphatic rings. The van der Waals surface area contributed by atoms with Crippen molar-refractivity contribution in [1.29, 1.82) is 5.41 Å². The number of benzene rings is 2. The Balaban J connectivity index is 1.27. The van der Waals surface area contributed by atoms with Crippen molar-refractivity contribution in [2.24, 2.45) is 0 Å². The molecule has 0 saturated carbocycles. The van der Waals surface area contributed by atoms with Crippen LogP contribution in [0.15, 0.2) is 67.1 Å². The van der Waals surface area contributed by atoms with Gasteiger partial charge in [0.2, 0.25) is 11.9 Å². The predicted molar refractivity (Wildman–Crippen MR) is 151 cm³/mol. The molecule has 0 aliphatic carbocycles. The van der Waals surface area contributed by atoms with Crippen LogP contribution in [0.2, 0.25) is 0 Å². The smallest absolute Gasteiger partial charge is 0.231 e. The number of nitrogens with two attached hydrogens (primary N) is 1. The van der Waals surface area contributed by atoms with E-state index < -0.39 is 5.82 Å². The van der Waals surface area contributed by atoms with Crippen molar-refractivity contribution in [3.8, 4) is 17.2 Å². The maximum atomic E-state index is 14.4. The van der Waals surface area contributed by atoms with Crippen molar-refractivity contribution in [1.82, 2.24) is 9.97 Å². The quantitative estimate of drug-likeness (QED) is 0.195. The lowest BCUT2D eigenvalue weighted by atomic mass is 10.0. The van der Waals surface area contributed by atoms with Gasteiger partial charge in [-0.3, -0.25) is 10.2 Å². The van der Waals surface area contributed by atoms with E-state index >= 15 is 0 Å². The number of hydrogen-bond acceptors (Lipinski definition) is 9. The Bertz CT molecular complexity index is 1530. The minimum atomic E-state index is -0.490. The number of rotatable bonds is 10. The molecule has 1 fully saturated rings. The highest BCUT2D eigenvalue weighted by Crippen LogP contribution is 2.29. The average Bonchev–Trinajstić information content (AvgIpc) is 2.97. The van der Waals surface area contributed by atoms with Gasteiger partial charge in [-0.15, -0.1) is 0 Å². The summed E-state index contributed by atoms with van der Waals surface area (Å²) in [5.74, 6) is 1.32. The SMILES string of the molecule is CO[n+]1cc(COc2cc(F)cc(Oc3ccc(C(=N)c4c(N)ncnc4NC4CCOCC4)cc3)c2)ccc1C. The zero-order valence-corrected chi connectivity index (χ0v) is 22.9. The van der Waals surface area contributed by atoms with E-state index in [0.29, 0.717) is 41.7 Å². The van der Waals surface area contributed by atoms with Gasteiger partial charge in [0, 0.05) is 60.7 Å². The van der Waals surface area contributed by atoms with Gasteiger partial charge in [0.1, 0.15) is 54.7 Å². The topological polar surface area (TPSA) is 128 Å². The standard InChI is InChI=1S/C30H32FN6O4/c1-19-3-4-20(16-37(19)38-2)17-40-25-13-22(31)14-26(15-25)41-24-7-5-21(6-8-24)28(32)27-29(33)34-18-35-30(27)36-23-9-11-39-12-10-23/h3-8,13-16,18,23,32H,9-12,17H2,1-2H3,(H3,33,34,35,36)/q+1. The molecule has 0 amide bonds. The van der Waals surface area contributed by atoms with Crippen molar-refractivity contribution in [3.05, 3.63) is 95.3 Å². The molecule has 1 aliphatic heterocycles. The first kappa shape index (κ1) is 27.8. The van der Waals surface area contributed by atoms with Gasteiger partial charge >= 0.3 is 0 Å². The van der Waals surface area contributed by atoms with Crippen LogP contribution in [-0.4, -0.2) is 42.0 Å². The highest BCUT2D eigenvalue weighted by atomic mass is 19.1. The first-order valence-corrected chi connectivity index (χ1v) is 13.2. The van der Waals surface area contributed by atoms with Crippen LogP contribution < -0.4 is 30.1 Å². The average molecular weight is 560 g/mol. The molecular formula is C30H32FN6O4+. The molecular weight excluding hydrogens is 527 g/mol. The van der Waals surface area contributed by atoms with Gasteiger partial charge in [-0.2, -0.15) is 0 Å². The number of aromatic nitrogens is 3. The summed E-state index contributed by atoms with van der Waals surface area (Å²) in [6, 6.07) is 15.1. The Labute approximate surface area is 237 Å². The van der Waals surface area contributed by atoms with Crippen molar-refractivity contribution < 1.29 is 28.2 Å². The molecule has 3 heterocycles. The van der Waals surface area contributed by atoms with E-state index in [4.69, 9.17) is 30.2 Å². The Hall–Kier alpha value is -4.77. The van der Waals surface area contributed by atoms with Gasteiger partial charge in [-0.1, -0.05) is 0 Å². The molecule has 4 N–H and O–H groups in total. The van der Waals surface area contributed by atoms with E-state index in [9.17, 15) is 4.39 Å². The summed E-state index contributed by atoms with van der Waals surface area (Å²) in [6.45, 7) is 3.49. The summed E-state index contributed by atoms with van der Waals surface area (Å²) < 4.78 is 33.2. The molecule has 41 heavy (non-hydrogen) atoms. The first-order chi connectivity index (χ1) is 19.9. The third kappa shape index (κ3) is 6.87. The van der Waals surface area contributed by atoms with E-state index in [2.05, 4.69) is 15.3 Å². The highest BCUT2D eigenvalue weighted by molar-refractivity contribution is 6.16. The molecule has 10 nitrogen and oxygen atoms in total. The number of hydrogen-bond donors (Lipinski definition) is 3. The van der Waals surface area contributed by atoms with E-state index in [-0.39, 0.29) is 29.9 Å². The van der Waals surface area contributed by atoms with Crippen LogP contribution >= 0.6 is 0 Å². The summed E-state index contributed by atoms with van der Waals surface area (Å²) in [5.41, 5.74) is 9.18. The van der Waals surface area contributed by atoms with Gasteiger partial charge < -0.3 is 25.3 Å². The monoisotopic (exact) mass is 559 g/mol. The summed E-state index contributed by atoms with van der Waals surface area (Å²) in [4.78, 5) is 13.7. The maximum Gasteiger partial charge on any atom is 0.231 e. The van der Waals surface area contributed by atoms with Crippen molar-refractivity contribution in [2.75, 3.05) is 31.4 Å². The molecule has 2 aromatic heterocycles. The number of ether oxygens (including phenoxy) is 3. The Morgan fingerprint density at radius 2 is 1.83 bits per heavy atom. The van der Waals surface area contributed by atoms with E-state index in [1.807, 2.05) is 25.3 Å². The number of nitrogens with zero attached hydrogens (tertiary/aromatic N) is 3. The fourth-order valence-electron chi connectivity index (χ4n) is 4.49. The zero-order valence-electron chi connectivity index (χ0n) is 22.9. The van der Waals surface area contributed by atoms with E-state index in [1.165, 1.54) is 18.5 Å². The second-order valence-electron chi connectivity index (χ2n) is 9.61. The van der Waals surface area contributed by atoms with Gasteiger partial charge in [-0.25, -0.2) is 14.4 Å². The third-order valence-electron chi connectivity index (χ3n) is 6.68. The summed E-state index contributed by atoms with van der Waals surface area (Å²) in [6.07, 6.45) is 4.88. The number of nitrogen functional groups attached to an aromatic ring is 1. The highest BCUT2D eigenvalue weighted by Gasteiger charge is 2.21. The van der Waals surface area contributed by atoms with Crippen LogP contribution in [0.3, 0.4) is 0 Å². The van der Waals surface area contributed by atoms with Crippen molar-refractivity contribution in [3.63, 3.8) is 0 Å². The van der Waals surface area contributed by atoms with Crippen LogP contribution in [0.4, 0.5) is 16.0 Å². The molecule has 5 rings (SSSR count). The fourth-order valence-corrected chi connectivity index (χ4v) is 4.49. The second-order valence-corrected chi connectivity index (χ2v) is 9.61. The number of pyridine rings is 1. The fraction of sp³-hybridized carbons (Fsp3) is 0.267. The zero-order chi connectivity index (χ0) is 28.8. The lowest BCUT2D eigenvalue weighted by Gasteiger charge is -2.25. The predicted octanol–water partition coefficient (Wildman–Crippen LogP) is 4.23. The number of anilines is 2. The number of aryl methyl sites for hydroxylation is 1. The molecule has 0 bridgehead atoms. The van der Waals surface area contributed by atoms with Gasteiger partial charge in [0.25, 0.3) is 0 Å². The molecule has 0 atom stereocenters. The molecule has 4 aromatic rings. The third-order valence-corrected chi connectivity index (χ3v) is 6.68. The molecule has 11 heteroatoms.